The average molecular weight is 325 g/mol. The second-order valence-electron chi connectivity index (χ2n) is 3.86. The van der Waals surface area contributed by atoms with Crippen molar-refractivity contribution in [3.63, 3.8) is 0 Å². The number of sulfonamides is 1. The zero-order valence-electron chi connectivity index (χ0n) is 10.2. The number of carbonyl (C=O) groups excluding carboxylic acids is 1. The molecule has 0 saturated carbocycles. The molecule has 0 aliphatic rings. The molecule has 0 heterocycles. The Kier molecular flexibility index (Phi) is 5.90. The van der Waals surface area contributed by atoms with Gasteiger partial charge in [0, 0.05) is 5.69 Å². The van der Waals surface area contributed by atoms with Gasteiger partial charge in [-0.05, 0) is 24.6 Å². The molecule has 19 heavy (non-hydrogen) atoms. The number of carbonyl (C=O) groups is 1. The van der Waals surface area contributed by atoms with Gasteiger partial charge in [-0.15, -0.1) is 0 Å². The third-order valence-corrected chi connectivity index (χ3v) is 4.25. The Labute approximate surface area is 122 Å². The summed E-state index contributed by atoms with van der Waals surface area (Å²) in [6.07, 6.45) is 1.23. The van der Waals surface area contributed by atoms with E-state index in [-0.39, 0.29) is 10.8 Å². The molecule has 1 aromatic rings. The molecular weight excluding hydrogens is 311 g/mol. The monoisotopic (exact) mass is 324 g/mol. The average Bonchev–Trinajstić information content (AvgIpc) is 2.30. The summed E-state index contributed by atoms with van der Waals surface area (Å²) in [4.78, 5) is 11.5. The van der Waals surface area contributed by atoms with Gasteiger partial charge in [-0.25, -0.2) is 17.9 Å². The Bertz CT molecular complexity index is 561. The molecule has 0 aromatic heterocycles. The summed E-state index contributed by atoms with van der Waals surface area (Å²) >= 11 is 11.5. The van der Waals surface area contributed by atoms with E-state index in [0.29, 0.717) is 17.1 Å². The Balaban J connectivity index is 2.62. The van der Waals surface area contributed by atoms with E-state index in [1.807, 2.05) is 11.6 Å². The summed E-state index contributed by atoms with van der Waals surface area (Å²) in [5.41, 5.74) is 0.359. The van der Waals surface area contributed by atoms with Gasteiger partial charge in [0.05, 0.1) is 15.8 Å². The lowest BCUT2D eigenvalue weighted by Crippen LogP contribution is -2.35. The smallest absolute Gasteiger partial charge is 0.307 e. The Morgan fingerprint density at radius 3 is 2.53 bits per heavy atom. The molecule has 1 aromatic carbocycles. The minimum Gasteiger partial charge on any atom is -0.307 e. The van der Waals surface area contributed by atoms with Gasteiger partial charge in [-0.3, -0.25) is 0 Å². The van der Waals surface area contributed by atoms with E-state index in [2.05, 4.69) is 5.32 Å². The van der Waals surface area contributed by atoms with Crippen LogP contribution in [-0.2, 0) is 10.0 Å². The van der Waals surface area contributed by atoms with Crippen molar-refractivity contribution < 1.29 is 13.2 Å². The Morgan fingerprint density at radius 1 is 1.26 bits per heavy atom. The maximum Gasteiger partial charge on any atom is 0.332 e. The summed E-state index contributed by atoms with van der Waals surface area (Å²) in [6.45, 7) is 1.87. The van der Waals surface area contributed by atoms with E-state index < -0.39 is 16.1 Å². The minimum atomic E-state index is -3.60. The first-order valence-electron chi connectivity index (χ1n) is 5.60. The first-order valence-corrected chi connectivity index (χ1v) is 8.01. The number of urea groups is 1. The van der Waals surface area contributed by atoms with Gasteiger partial charge in [-0.2, -0.15) is 0 Å². The fraction of sp³-hybridized carbons (Fsp3) is 0.364. The number of rotatable bonds is 5. The number of halogens is 2. The molecule has 2 N–H and O–H groups in total. The first-order chi connectivity index (χ1) is 8.84. The fourth-order valence-electron chi connectivity index (χ4n) is 1.26. The number of nitrogens with one attached hydrogen (secondary N) is 2. The number of hydrogen-bond donors (Lipinski definition) is 2. The molecule has 0 radical (unpaired) electrons. The second-order valence-corrected chi connectivity index (χ2v) is 6.51. The molecule has 0 unspecified atom stereocenters. The number of hydrogen-bond acceptors (Lipinski definition) is 3. The summed E-state index contributed by atoms with van der Waals surface area (Å²) in [6, 6.07) is 3.63. The Morgan fingerprint density at radius 2 is 1.95 bits per heavy atom. The highest BCUT2D eigenvalue weighted by molar-refractivity contribution is 7.90. The van der Waals surface area contributed by atoms with Gasteiger partial charge in [0.1, 0.15) is 0 Å². The van der Waals surface area contributed by atoms with E-state index in [4.69, 9.17) is 23.2 Å². The zero-order chi connectivity index (χ0) is 14.5. The predicted molar refractivity (Wildman–Crippen MR) is 77.3 cm³/mol. The molecule has 8 heteroatoms. The van der Waals surface area contributed by atoms with Crippen LogP contribution >= 0.6 is 23.2 Å². The number of benzene rings is 1. The van der Waals surface area contributed by atoms with E-state index in [1.165, 1.54) is 18.2 Å². The minimum absolute atomic E-state index is 0.0850. The van der Waals surface area contributed by atoms with Crippen molar-refractivity contribution in [3.05, 3.63) is 28.2 Å². The SMILES string of the molecule is CCCCS(=O)(=O)NC(=O)Nc1ccc(Cl)c(Cl)c1. The Hall–Kier alpha value is -0.980. The summed E-state index contributed by atoms with van der Waals surface area (Å²) < 4.78 is 24.9. The lowest BCUT2D eigenvalue weighted by Gasteiger charge is -2.08. The quantitative estimate of drug-likeness (QED) is 0.872. The molecule has 0 atom stereocenters. The van der Waals surface area contributed by atoms with Crippen molar-refractivity contribution in [3.8, 4) is 0 Å². The van der Waals surface area contributed by atoms with Crippen LogP contribution < -0.4 is 10.0 Å². The van der Waals surface area contributed by atoms with Crippen molar-refractivity contribution in [1.29, 1.82) is 0 Å². The summed E-state index contributed by atoms with van der Waals surface area (Å²) in [5.74, 6) is -0.0850. The fourth-order valence-corrected chi connectivity index (χ4v) is 2.66. The molecular formula is C11H14Cl2N2O3S. The molecule has 0 fully saturated rings. The first kappa shape index (κ1) is 16.1. The second kappa shape index (κ2) is 6.98. The highest BCUT2D eigenvalue weighted by Gasteiger charge is 2.14. The van der Waals surface area contributed by atoms with Crippen molar-refractivity contribution in [1.82, 2.24) is 4.72 Å². The van der Waals surface area contributed by atoms with Crippen molar-refractivity contribution >= 4 is 44.9 Å². The van der Waals surface area contributed by atoms with Gasteiger partial charge in [0.15, 0.2) is 0 Å². The van der Waals surface area contributed by atoms with Crippen LogP contribution in [0.2, 0.25) is 10.0 Å². The van der Waals surface area contributed by atoms with Crippen LogP contribution in [0.1, 0.15) is 19.8 Å². The number of anilines is 1. The largest absolute Gasteiger partial charge is 0.332 e. The van der Waals surface area contributed by atoms with Gasteiger partial charge in [0.25, 0.3) is 0 Å². The molecule has 5 nitrogen and oxygen atoms in total. The van der Waals surface area contributed by atoms with E-state index in [1.54, 1.807) is 0 Å². The molecule has 106 valence electrons. The highest BCUT2D eigenvalue weighted by Crippen LogP contribution is 2.24. The summed E-state index contributed by atoms with van der Waals surface area (Å²) in [7, 11) is -3.60. The third-order valence-electron chi connectivity index (χ3n) is 2.19. The standard InChI is InChI=1S/C11H14Cl2N2O3S/c1-2-3-6-19(17,18)15-11(16)14-8-4-5-9(12)10(13)7-8/h4-5,7H,2-3,6H2,1H3,(H2,14,15,16). The normalized spacial score (nSPS) is 11.1. The lowest BCUT2D eigenvalue weighted by molar-refractivity contribution is 0.256. The van der Waals surface area contributed by atoms with Crippen LogP contribution in [0, 0.1) is 0 Å². The van der Waals surface area contributed by atoms with E-state index in [9.17, 15) is 13.2 Å². The van der Waals surface area contributed by atoms with Crippen molar-refractivity contribution in [2.75, 3.05) is 11.1 Å². The number of amides is 2. The maximum atomic E-state index is 11.5. The highest BCUT2D eigenvalue weighted by atomic mass is 35.5. The van der Waals surface area contributed by atoms with Crippen LogP contribution in [0.5, 0.6) is 0 Å². The summed E-state index contributed by atoms with van der Waals surface area (Å²) in [5, 5.41) is 2.99. The van der Waals surface area contributed by atoms with Gasteiger partial charge in [0.2, 0.25) is 10.0 Å². The van der Waals surface area contributed by atoms with E-state index >= 15 is 0 Å². The van der Waals surface area contributed by atoms with Crippen LogP contribution in [0.25, 0.3) is 0 Å². The molecule has 0 aliphatic carbocycles. The van der Waals surface area contributed by atoms with Crippen LogP contribution in [0.3, 0.4) is 0 Å². The van der Waals surface area contributed by atoms with Gasteiger partial charge in [-0.1, -0.05) is 36.5 Å². The van der Waals surface area contributed by atoms with Crippen LogP contribution in [0.15, 0.2) is 18.2 Å². The molecule has 0 bridgehead atoms. The molecule has 1 rings (SSSR count). The van der Waals surface area contributed by atoms with Crippen molar-refractivity contribution in [2.24, 2.45) is 0 Å². The zero-order valence-corrected chi connectivity index (χ0v) is 12.6. The van der Waals surface area contributed by atoms with Gasteiger partial charge < -0.3 is 5.32 Å². The lowest BCUT2D eigenvalue weighted by atomic mass is 10.3. The van der Waals surface area contributed by atoms with Crippen molar-refractivity contribution in [2.45, 2.75) is 19.8 Å². The topological polar surface area (TPSA) is 75.3 Å². The third kappa shape index (κ3) is 5.67. The predicted octanol–water partition coefficient (Wildman–Crippen LogP) is 3.24. The molecule has 0 saturated heterocycles. The number of unbranched alkanes of at least 4 members (excludes halogenated alkanes) is 1. The van der Waals surface area contributed by atoms with Crippen LogP contribution in [0.4, 0.5) is 10.5 Å². The molecule has 0 aliphatic heterocycles. The maximum absolute atomic E-state index is 11.5. The van der Waals surface area contributed by atoms with Gasteiger partial charge >= 0.3 is 6.03 Å². The molecule has 2 amide bonds. The van der Waals surface area contributed by atoms with Crippen LogP contribution in [-0.4, -0.2) is 20.2 Å². The van der Waals surface area contributed by atoms with E-state index in [0.717, 1.165) is 6.42 Å². The molecule has 0 spiro atoms.